The molecule has 0 aromatic heterocycles. The summed E-state index contributed by atoms with van der Waals surface area (Å²) >= 11 is 0. The van der Waals surface area contributed by atoms with E-state index in [1.54, 1.807) is 13.8 Å². The molecule has 0 rings (SSSR count). The van der Waals surface area contributed by atoms with Gasteiger partial charge in [-0.1, -0.05) is 6.58 Å². The van der Waals surface area contributed by atoms with E-state index in [9.17, 15) is 4.79 Å². The minimum absolute atomic E-state index is 0.0536. The van der Waals surface area contributed by atoms with Crippen LogP contribution >= 0.6 is 0 Å². The predicted octanol–water partition coefficient (Wildman–Crippen LogP) is 1.88. The molecule has 3 heteroatoms. The highest BCUT2D eigenvalue weighted by Gasteiger charge is 2.10. The van der Waals surface area contributed by atoms with Gasteiger partial charge >= 0.3 is 5.97 Å². The molecular formula is C9H16O3. The number of rotatable bonds is 4. The summed E-state index contributed by atoms with van der Waals surface area (Å²) in [5.41, 5.74) is 0.384. The number of carbonyl (C=O) groups excluding carboxylic acids is 1. The average molecular weight is 172 g/mol. The molecule has 0 spiro atoms. The summed E-state index contributed by atoms with van der Waals surface area (Å²) in [6.45, 7) is 10.5. The Morgan fingerprint density at radius 1 is 1.33 bits per heavy atom. The zero-order chi connectivity index (χ0) is 9.72. The van der Waals surface area contributed by atoms with E-state index < -0.39 is 12.3 Å². The van der Waals surface area contributed by atoms with Gasteiger partial charge < -0.3 is 9.47 Å². The summed E-state index contributed by atoms with van der Waals surface area (Å²) in [5.74, 6) is -0.414. The Kier molecular flexibility index (Phi) is 4.59. The van der Waals surface area contributed by atoms with Crippen molar-refractivity contribution >= 4 is 5.97 Å². The Labute approximate surface area is 73.4 Å². The average Bonchev–Trinajstić information content (AvgIpc) is 1.84. The third kappa shape index (κ3) is 4.91. The second-order valence-electron chi connectivity index (χ2n) is 2.94. The van der Waals surface area contributed by atoms with Gasteiger partial charge in [0.25, 0.3) is 0 Å². The number of esters is 1. The standard InChI is InChI=1S/C9H16O3/c1-6(2)9(10)12-8(5)11-7(3)4/h7-8H,1H2,2-5H3. The fourth-order valence-corrected chi connectivity index (χ4v) is 0.662. The fourth-order valence-electron chi connectivity index (χ4n) is 0.662. The highest BCUT2D eigenvalue weighted by molar-refractivity contribution is 5.86. The van der Waals surface area contributed by atoms with Gasteiger partial charge in [-0.25, -0.2) is 4.79 Å². The van der Waals surface area contributed by atoms with Gasteiger partial charge in [0.15, 0.2) is 0 Å². The highest BCUT2D eigenvalue weighted by Crippen LogP contribution is 2.02. The van der Waals surface area contributed by atoms with Crippen LogP contribution in [-0.2, 0) is 14.3 Å². The predicted molar refractivity (Wildman–Crippen MR) is 46.6 cm³/mol. The van der Waals surface area contributed by atoms with Crippen molar-refractivity contribution in [1.29, 1.82) is 0 Å². The Morgan fingerprint density at radius 3 is 2.17 bits per heavy atom. The molecule has 0 amide bonds. The first-order chi connectivity index (χ1) is 5.43. The lowest BCUT2D eigenvalue weighted by molar-refractivity contribution is -0.177. The molecule has 0 aromatic carbocycles. The normalized spacial score (nSPS) is 12.8. The van der Waals surface area contributed by atoms with Gasteiger partial charge in [-0.15, -0.1) is 0 Å². The molecule has 0 bridgehead atoms. The Bertz CT molecular complexity index is 173. The molecule has 3 nitrogen and oxygen atoms in total. The lowest BCUT2D eigenvalue weighted by atomic mass is 10.4. The van der Waals surface area contributed by atoms with Crippen LogP contribution in [-0.4, -0.2) is 18.4 Å². The minimum Gasteiger partial charge on any atom is -0.433 e. The van der Waals surface area contributed by atoms with Crippen molar-refractivity contribution in [2.45, 2.75) is 40.1 Å². The molecular weight excluding hydrogens is 156 g/mol. The van der Waals surface area contributed by atoms with E-state index in [0.29, 0.717) is 5.57 Å². The van der Waals surface area contributed by atoms with Crippen LogP contribution in [0.25, 0.3) is 0 Å². The summed E-state index contributed by atoms with van der Waals surface area (Å²) in [6, 6.07) is 0. The maximum atomic E-state index is 10.9. The molecule has 0 saturated carbocycles. The van der Waals surface area contributed by atoms with Gasteiger partial charge in [0.2, 0.25) is 6.29 Å². The molecule has 0 aromatic rings. The molecule has 0 aliphatic carbocycles. The molecule has 0 aliphatic heterocycles. The van der Waals surface area contributed by atoms with Crippen LogP contribution in [0.5, 0.6) is 0 Å². The van der Waals surface area contributed by atoms with Gasteiger partial charge in [0, 0.05) is 5.57 Å². The molecule has 0 aliphatic rings. The van der Waals surface area contributed by atoms with E-state index in [1.807, 2.05) is 13.8 Å². The van der Waals surface area contributed by atoms with Crippen molar-refractivity contribution in [1.82, 2.24) is 0 Å². The Hall–Kier alpha value is -0.830. The first-order valence-corrected chi connectivity index (χ1v) is 3.95. The molecule has 1 unspecified atom stereocenters. The Morgan fingerprint density at radius 2 is 1.83 bits per heavy atom. The van der Waals surface area contributed by atoms with E-state index in [4.69, 9.17) is 9.47 Å². The van der Waals surface area contributed by atoms with Crippen LogP contribution in [0.2, 0.25) is 0 Å². The number of carbonyl (C=O) groups is 1. The molecule has 0 fully saturated rings. The monoisotopic (exact) mass is 172 g/mol. The van der Waals surface area contributed by atoms with E-state index in [1.165, 1.54) is 0 Å². The van der Waals surface area contributed by atoms with Crippen molar-refractivity contribution in [2.75, 3.05) is 0 Å². The number of hydrogen-bond acceptors (Lipinski definition) is 3. The maximum Gasteiger partial charge on any atom is 0.335 e. The van der Waals surface area contributed by atoms with Crippen molar-refractivity contribution in [3.05, 3.63) is 12.2 Å². The van der Waals surface area contributed by atoms with Crippen molar-refractivity contribution in [3.8, 4) is 0 Å². The van der Waals surface area contributed by atoms with Gasteiger partial charge in [-0.05, 0) is 27.7 Å². The number of hydrogen-bond donors (Lipinski definition) is 0. The Balaban J connectivity index is 3.76. The smallest absolute Gasteiger partial charge is 0.335 e. The summed E-state index contributed by atoms with van der Waals surface area (Å²) in [5, 5.41) is 0. The van der Waals surface area contributed by atoms with E-state index in [-0.39, 0.29) is 6.10 Å². The van der Waals surface area contributed by atoms with E-state index in [2.05, 4.69) is 6.58 Å². The largest absolute Gasteiger partial charge is 0.433 e. The quantitative estimate of drug-likeness (QED) is 0.369. The molecule has 12 heavy (non-hydrogen) atoms. The van der Waals surface area contributed by atoms with Gasteiger partial charge in [-0.3, -0.25) is 0 Å². The van der Waals surface area contributed by atoms with E-state index in [0.717, 1.165) is 0 Å². The summed E-state index contributed by atoms with van der Waals surface area (Å²) in [7, 11) is 0. The van der Waals surface area contributed by atoms with Gasteiger partial charge in [0.05, 0.1) is 6.10 Å². The third-order valence-electron chi connectivity index (χ3n) is 1.09. The van der Waals surface area contributed by atoms with Crippen LogP contribution in [0, 0.1) is 0 Å². The van der Waals surface area contributed by atoms with E-state index >= 15 is 0 Å². The lowest BCUT2D eigenvalue weighted by Gasteiger charge is -2.16. The first-order valence-electron chi connectivity index (χ1n) is 3.95. The first kappa shape index (κ1) is 11.2. The molecule has 0 N–H and O–H groups in total. The molecule has 1 atom stereocenters. The van der Waals surface area contributed by atoms with Crippen LogP contribution in [0.15, 0.2) is 12.2 Å². The number of ether oxygens (including phenoxy) is 2. The van der Waals surface area contributed by atoms with Crippen molar-refractivity contribution < 1.29 is 14.3 Å². The van der Waals surface area contributed by atoms with Crippen molar-refractivity contribution in [2.24, 2.45) is 0 Å². The highest BCUT2D eigenvalue weighted by atomic mass is 16.7. The fraction of sp³-hybridized carbons (Fsp3) is 0.667. The van der Waals surface area contributed by atoms with Crippen LogP contribution < -0.4 is 0 Å². The molecule has 70 valence electrons. The van der Waals surface area contributed by atoms with Crippen LogP contribution in [0.4, 0.5) is 0 Å². The molecule has 0 saturated heterocycles. The summed E-state index contributed by atoms with van der Waals surface area (Å²) in [4.78, 5) is 10.9. The van der Waals surface area contributed by atoms with Crippen molar-refractivity contribution in [3.63, 3.8) is 0 Å². The second-order valence-corrected chi connectivity index (χ2v) is 2.94. The molecule has 0 heterocycles. The second kappa shape index (κ2) is 4.93. The third-order valence-corrected chi connectivity index (χ3v) is 1.09. The summed E-state index contributed by atoms with van der Waals surface area (Å²) in [6.07, 6.45) is -0.452. The SMILES string of the molecule is C=C(C)C(=O)OC(C)OC(C)C. The summed E-state index contributed by atoms with van der Waals surface area (Å²) < 4.78 is 10.0. The zero-order valence-electron chi connectivity index (χ0n) is 8.09. The zero-order valence-corrected chi connectivity index (χ0v) is 8.09. The van der Waals surface area contributed by atoms with Gasteiger partial charge in [-0.2, -0.15) is 0 Å². The topological polar surface area (TPSA) is 35.5 Å². The van der Waals surface area contributed by atoms with Gasteiger partial charge in [0.1, 0.15) is 0 Å². The van der Waals surface area contributed by atoms with Crippen LogP contribution in [0.3, 0.4) is 0 Å². The lowest BCUT2D eigenvalue weighted by Crippen LogP contribution is -2.21. The van der Waals surface area contributed by atoms with Crippen LogP contribution in [0.1, 0.15) is 27.7 Å². The maximum absolute atomic E-state index is 10.9. The molecule has 0 radical (unpaired) electrons. The minimum atomic E-state index is -0.505.